The Labute approximate surface area is 160 Å². The Bertz CT molecular complexity index is 897. The summed E-state index contributed by atoms with van der Waals surface area (Å²) < 4.78 is 0. The van der Waals surface area contributed by atoms with Gasteiger partial charge in [-0.2, -0.15) is 0 Å². The minimum atomic E-state index is -1.76. The summed E-state index contributed by atoms with van der Waals surface area (Å²) in [5.41, 5.74) is -0.377. The SMILES string of the molecule is O=C(O)NC(=O)NC(c1ccccc1)C(O)(c1cccnc1)c1cccnc1. The van der Waals surface area contributed by atoms with Crippen LogP contribution in [-0.4, -0.2) is 32.3 Å². The lowest BCUT2D eigenvalue weighted by Gasteiger charge is -2.37. The predicted molar refractivity (Wildman–Crippen MR) is 100 cm³/mol. The van der Waals surface area contributed by atoms with E-state index in [1.807, 2.05) is 0 Å². The second kappa shape index (κ2) is 8.28. The molecular formula is C20H18N4O4. The monoisotopic (exact) mass is 378 g/mol. The first kappa shape index (κ1) is 19.0. The van der Waals surface area contributed by atoms with Crippen molar-refractivity contribution < 1.29 is 19.8 Å². The van der Waals surface area contributed by atoms with E-state index in [2.05, 4.69) is 15.3 Å². The fourth-order valence-corrected chi connectivity index (χ4v) is 3.02. The number of carboxylic acid groups (broad SMARTS) is 1. The van der Waals surface area contributed by atoms with Crippen molar-refractivity contribution in [3.05, 3.63) is 96.1 Å². The lowest BCUT2D eigenvalue weighted by molar-refractivity contribution is 0.0394. The number of nitrogens with zero attached hydrogens (tertiary/aromatic N) is 2. The number of aliphatic hydroxyl groups is 1. The molecule has 0 fully saturated rings. The Morgan fingerprint density at radius 2 is 1.46 bits per heavy atom. The van der Waals surface area contributed by atoms with Crippen LogP contribution in [0.4, 0.5) is 9.59 Å². The molecule has 0 aliphatic rings. The molecule has 1 aromatic carbocycles. The maximum Gasteiger partial charge on any atom is 0.412 e. The standard InChI is InChI=1S/C20H18N4O4/c25-18(24-19(26)27)23-17(14-6-2-1-3-7-14)20(28,15-8-4-10-21-12-15)16-9-5-11-22-13-16/h1-13,17,28H,(H,26,27)(H2,23,24,25). The molecule has 3 aromatic rings. The van der Waals surface area contributed by atoms with Gasteiger partial charge in [0, 0.05) is 35.9 Å². The van der Waals surface area contributed by atoms with Gasteiger partial charge in [0.2, 0.25) is 0 Å². The van der Waals surface area contributed by atoms with E-state index < -0.39 is 23.8 Å². The highest BCUT2D eigenvalue weighted by molar-refractivity contribution is 5.90. The number of urea groups is 1. The summed E-state index contributed by atoms with van der Waals surface area (Å²) in [5, 5.41) is 25.0. The third kappa shape index (κ3) is 3.97. The van der Waals surface area contributed by atoms with Gasteiger partial charge in [-0.15, -0.1) is 0 Å². The fourth-order valence-electron chi connectivity index (χ4n) is 3.02. The number of pyridine rings is 2. The van der Waals surface area contributed by atoms with Gasteiger partial charge in [-0.25, -0.2) is 14.9 Å². The predicted octanol–water partition coefficient (Wildman–Crippen LogP) is 2.43. The van der Waals surface area contributed by atoms with Crippen molar-refractivity contribution in [1.82, 2.24) is 20.6 Å². The summed E-state index contributed by atoms with van der Waals surface area (Å²) in [6.45, 7) is 0. The first-order chi connectivity index (χ1) is 13.5. The van der Waals surface area contributed by atoms with E-state index in [0.717, 1.165) is 0 Å². The van der Waals surface area contributed by atoms with Crippen molar-refractivity contribution in [1.29, 1.82) is 0 Å². The summed E-state index contributed by atoms with van der Waals surface area (Å²) in [6, 6.07) is 13.4. The van der Waals surface area contributed by atoms with Gasteiger partial charge in [-0.3, -0.25) is 9.97 Å². The molecule has 142 valence electrons. The molecular weight excluding hydrogens is 360 g/mol. The highest BCUT2D eigenvalue weighted by Gasteiger charge is 2.43. The van der Waals surface area contributed by atoms with Crippen LogP contribution in [0, 0.1) is 0 Å². The number of hydrogen-bond donors (Lipinski definition) is 4. The Balaban J connectivity index is 2.17. The van der Waals surface area contributed by atoms with E-state index in [0.29, 0.717) is 16.7 Å². The van der Waals surface area contributed by atoms with Crippen LogP contribution in [0.15, 0.2) is 79.4 Å². The van der Waals surface area contributed by atoms with Crippen molar-refractivity contribution in [2.75, 3.05) is 0 Å². The number of hydrogen-bond acceptors (Lipinski definition) is 5. The van der Waals surface area contributed by atoms with Crippen LogP contribution >= 0.6 is 0 Å². The minimum Gasteiger partial charge on any atom is -0.465 e. The topological polar surface area (TPSA) is 124 Å². The van der Waals surface area contributed by atoms with Crippen LogP contribution < -0.4 is 10.6 Å². The molecule has 3 rings (SSSR count). The number of nitrogens with one attached hydrogen (secondary N) is 2. The molecule has 1 atom stereocenters. The molecule has 1 unspecified atom stereocenters. The van der Waals surface area contributed by atoms with Crippen molar-refractivity contribution in [2.45, 2.75) is 11.6 Å². The lowest BCUT2D eigenvalue weighted by atomic mass is 9.78. The maximum atomic E-state index is 12.2. The maximum absolute atomic E-state index is 12.2. The van der Waals surface area contributed by atoms with Gasteiger partial charge in [0.25, 0.3) is 0 Å². The van der Waals surface area contributed by atoms with Gasteiger partial charge >= 0.3 is 12.1 Å². The molecule has 0 saturated carbocycles. The van der Waals surface area contributed by atoms with Crippen molar-refractivity contribution in [3.63, 3.8) is 0 Å². The van der Waals surface area contributed by atoms with E-state index in [1.54, 1.807) is 72.3 Å². The van der Waals surface area contributed by atoms with Gasteiger partial charge in [-0.1, -0.05) is 42.5 Å². The molecule has 4 N–H and O–H groups in total. The molecule has 3 amide bonds. The zero-order chi connectivity index (χ0) is 20.0. The second-order valence-electron chi connectivity index (χ2n) is 6.00. The Morgan fingerprint density at radius 3 is 1.93 bits per heavy atom. The number of carbonyl (C=O) groups excluding carboxylic acids is 1. The summed E-state index contributed by atoms with van der Waals surface area (Å²) in [7, 11) is 0. The number of imide groups is 1. The molecule has 28 heavy (non-hydrogen) atoms. The normalized spacial score (nSPS) is 12.0. The Morgan fingerprint density at radius 1 is 0.893 bits per heavy atom. The van der Waals surface area contributed by atoms with E-state index >= 15 is 0 Å². The van der Waals surface area contributed by atoms with Crippen LogP contribution in [0.2, 0.25) is 0 Å². The molecule has 0 aliphatic heterocycles. The van der Waals surface area contributed by atoms with Crippen LogP contribution in [0.5, 0.6) is 0 Å². The van der Waals surface area contributed by atoms with Crippen LogP contribution in [-0.2, 0) is 5.60 Å². The third-order valence-corrected chi connectivity index (χ3v) is 4.25. The average molecular weight is 378 g/mol. The van der Waals surface area contributed by atoms with E-state index in [1.165, 1.54) is 12.4 Å². The van der Waals surface area contributed by atoms with Crippen molar-refractivity contribution in [2.24, 2.45) is 0 Å². The van der Waals surface area contributed by atoms with Crippen molar-refractivity contribution >= 4 is 12.1 Å². The number of aromatic nitrogens is 2. The number of rotatable bonds is 5. The lowest BCUT2D eigenvalue weighted by Crippen LogP contribution is -2.49. The van der Waals surface area contributed by atoms with Crippen LogP contribution in [0.3, 0.4) is 0 Å². The number of amides is 3. The van der Waals surface area contributed by atoms with Gasteiger partial charge in [0.05, 0.1) is 6.04 Å². The van der Waals surface area contributed by atoms with Gasteiger partial charge in [0.15, 0.2) is 0 Å². The quantitative estimate of drug-likeness (QED) is 0.540. The third-order valence-electron chi connectivity index (χ3n) is 4.25. The molecule has 2 aromatic heterocycles. The summed E-state index contributed by atoms with van der Waals surface area (Å²) in [5.74, 6) is 0. The zero-order valence-corrected chi connectivity index (χ0v) is 14.7. The van der Waals surface area contributed by atoms with E-state index in [-0.39, 0.29) is 0 Å². The summed E-state index contributed by atoms with van der Waals surface area (Å²) in [6.07, 6.45) is 4.60. The minimum absolute atomic E-state index is 0.410. The average Bonchev–Trinajstić information content (AvgIpc) is 2.73. The van der Waals surface area contributed by atoms with Crippen LogP contribution in [0.1, 0.15) is 22.7 Å². The highest BCUT2D eigenvalue weighted by atomic mass is 16.4. The molecule has 0 saturated heterocycles. The molecule has 0 spiro atoms. The van der Waals surface area contributed by atoms with E-state index in [9.17, 15) is 14.7 Å². The van der Waals surface area contributed by atoms with Gasteiger partial charge < -0.3 is 15.5 Å². The molecule has 0 aliphatic carbocycles. The molecule has 0 radical (unpaired) electrons. The Hall–Kier alpha value is -3.78. The number of carbonyl (C=O) groups is 2. The molecule has 0 bridgehead atoms. The van der Waals surface area contributed by atoms with Gasteiger partial charge in [-0.05, 0) is 17.7 Å². The zero-order valence-electron chi connectivity index (χ0n) is 14.7. The molecule has 8 heteroatoms. The number of benzene rings is 1. The van der Waals surface area contributed by atoms with Crippen molar-refractivity contribution in [3.8, 4) is 0 Å². The first-order valence-corrected chi connectivity index (χ1v) is 8.40. The molecule has 8 nitrogen and oxygen atoms in total. The van der Waals surface area contributed by atoms with Crippen LogP contribution in [0.25, 0.3) is 0 Å². The summed E-state index contributed by atoms with van der Waals surface area (Å²) >= 11 is 0. The smallest absolute Gasteiger partial charge is 0.412 e. The second-order valence-corrected chi connectivity index (χ2v) is 6.00. The highest BCUT2D eigenvalue weighted by Crippen LogP contribution is 2.40. The first-order valence-electron chi connectivity index (χ1n) is 8.40. The van der Waals surface area contributed by atoms with E-state index in [4.69, 9.17) is 5.11 Å². The largest absolute Gasteiger partial charge is 0.465 e. The Kier molecular flexibility index (Phi) is 5.61. The molecule has 2 heterocycles. The fraction of sp³-hybridized carbons (Fsp3) is 0.100. The van der Waals surface area contributed by atoms with Gasteiger partial charge in [0.1, 0.15) is 5.60 Å². The summed E-state index contributed by atoms with van der Waals surface area (Å²) in [4.78, 5) is 31.2.